The van der Waals surface area contributed by atoms with Crippen molar-refractivity contribution in [2.75, 3.05) is 0 Å². The number of hydrogen-bond donors (Lipinski definition) is 2. The summed E-state index contributed by atoms with van der Waals surface area (Å²) >= 11 is 7.83. The highest BCUT2D eigenvalue weighted by atomic mass is 35.5. The van der Waals surface area contributed by atoms with Crippen LogP contribution in [0.4, 0.5) is 0 Å². The van der Waals surface area contributed by atoms with Gasteiger partial charge in [-0.15, -0.1) is 0 Å². The Balaban J connectivity index is 2.01. The van der Waals surface area contributed by atoms with E-state index < -0.39 is 0 Å². The van der Waals surface area contributed by atoms with Crippen molar-refractivity contribution in [2.24, 2.45) is 5.84 Å². The van der Waals surface area contributed by atoms with E-state index >= 15 is 0 Å². The molecule has 0 saturated carbocycles. The van der Waals surface area contributed by atoms with E-state index in [2.05, 4.69) is 5.43 Å². The lowest BCUT2D eigenvalue weighted by Crippen LogP contribution is -2.30. The molecule has 0 aliphatic rings. The lowest BCUT2D eigenvalue weighted by atomic mass is 10.1. The molecule has 104 valence electrons. The first-order chi connectivity index (χ1) is 9.72. The van der Waals surface area contributed by atoms with Crippen LogP contribution < -0.4 is 11.3 Å². The molecule has 3 nitrogen and oxygen atoms in total. The maximum atomic E-state index is 11.7. The average Bonchev–Trinajstić information content (AvgIpc) is 2.49. The summed E-state index contributed by atoms with van der Waals surface area (Å²) in [5.74, 6) is 6.46. The summed E-state index contributed by atoms with van der Waals surface area (Å²) in [5.41, 5.74) is 4.84. The fourth-order valence-electron chi connectivity index (χ4n) is 1.83. The predicted molar refractivity (Wildman–Crippen MR) is 84.5 cm³/mol. The van der Waals surface area contributed by atoms with Crippen LogP contribution in [0.5, 0.6) is 0 Å². The number of nitrogens with one attached hydrogen (secondary N) is 1. The van der Waals surface area contributed by atoms with Crippen LogP contribution in [-0.2, 0) is 11.5 Å². The van der Waals surface area contributed by atoms with Crippen molar-refractivity contribution in [1.29, 1.82) is 0 Å². The third-order valence-electron chi connectivity index (χ3n) is 2.87. The standard InChI is InChI=1S/C15H15ClN2OS/c16-14-8-4-2-6-12(14)10-20-9-11-5-1-3-7-13(11)15(19)18-17/h1-8H,9-10,17H2,(H,18,19). The van der Waals surface area contributed by atoms with Gasteiger partial charge in [-0.05, 0) is 23.3 Å². The second kappa shape index (κ2) is 7.33. The number of rotatable bonds is 5. The van der Waals surface area contributed by atoms with Gasteiger partial charge < -0.3 is 0 Å². The molecule has 0 radical (unpaired) electrons. The molecule has 20 heavy (non-hydrogen) atoms. The zero-order chi connectivity index (χ0) is 14.4. The highest BCUT2D eigenvalue weighted by Crippen LogP contribution is 2.24. The number of carbonyl (C=O) groups excluding carboxylic acids is 1. The number of hydrazine groups is 1. The summed E-state index contributed by atoms with van der Waals surface area (Å²) in [4.78, 5) is 11.7. The summed E-state index contributed by atoms with van der Waals surface area (Å²) in [6, 6.07) is 15.2. The van der Waals surface area contributed by atoms with Crippen LogP contribution in [-0.4, -0.2) is 5.91 Å². The average molecular weight is 307 g/mol. The number of nitrogen functional groups attached to an aromatic ring is 1. The Labute approximate surface area is 127 Å². The molecule has 0 aromatic heterocycles. The maximum Gasteiger partial charge on any atom is 0.265 e. The van der Waals surface area contributed by atoms with Crippen LogP contribution in [0.15, 0.2) is 48.5 Å². The van der Waals surface area contributed by atoms with Gasteiger partial charge in [0, 0.05) is 22.1 Å². The van der Waals surface area contributed by atoms with Crippen LogP contribution in [0.2, 0.25) is 5.02 Å². The second-order valence-corrected chi connectivity index (χ2v) is 5.61. The minimum Gasteiger partial charge on any atom is -0.290 e. The topological polar surface area (TPSA) is 55.1 Å². The van der Waals surface area contributed by atoms with Crippen molar-refractivity contribution < 1.29 is 4.79 Å². The molecule has 0 heterocycles. The summed E-state index contributed by atoms with van der Waals surface area (Å²) in [7, 11) is 0. The van der Waals surface area contributed by atoms with Crippen molar-refractivity contribution in [3.63, 3.8) is 0 Å². The number of amides is 1. The van der Waals surface area contributed by atoms with Gasteiger partial charge in [-0.3, -0.25) is 10.2 Å². The number of hydrogen-bond acceptors (Lipinski definition) is 3. The van der Waals surface area contributed by atoms with E-state index in [-0.39, 0.29) is 5.91 Å². The molecule has 0 aliphatic carbocycles. The summed E-state index contributed by atoms with van der Waals surface area (Å²) in [6.07, 6.45) is 0. The van der Waals surface area contributed by atoms with Gasteiger partial charge in [0.05, 0.1) is 0 Å². The van der Waals surface area contributed by atoms with Crippen LogP contribution in [0.1, 0.15) is 21.5 Å². The molecule has 0 fully saturated rings. The molecule has 0 saturated heterocycles. The Morgan fingerprint density at radius 3 is 2.35 bits per heavy atom. The van der Waals surface area contributed by atoms with Crippen molar-refractivity contribution in [3.8, 4) is 0 Å². The van der Waals surface area contributed by atoms with E-state index in [4.69, 9.17) is 17.4 Å². The number of nitrogens with two attached hydrogens (primary N) is 1. The first kappa shape index (κ1) is 14.9. The zero-order valence-electron chi connectivity index (χ0n) is 10.8. The first-order valence-electron chi connectivity index (χ1n) is 6.12. The number of benzene rings is 2. The molecular formula is C15H15ClN2OS. The van der Waals surface area contributed by atoms with Gasteiger partial charge >= 0.3 is 0 Å². The summed E-state index contributed by atoms with van der Waals surface area (Å²) in [6.45, 7) is 0. The molecule has 2 aromatic carbocycles. The van der Waals surface area contributed by atoms with E-state index in [0.717, 1.165) is 27.7 Å². The quantitative estimate of drug-likeness (QED) is 0.506. The van der Waals surface area contributed by atoms with Gasteiger partial charge in [0.15, 0.2) is 0 Å². The Morgan fingerprint density at radius 2 is 1.65 bits per heavy atom. The largest absolute Gasteiger partial charge is 0.290 e. The lowest BCUT2D eigenvalue weighted by Gasteiger charge is -2.08. The third-order valence-corrected chi connectivity index (χ3v) is 4.27. The molecule has 2 aromatic rings. The van der Waals surface area contributed by atoms with Crippen LogP contribution in [0.3, 0.4) is 0 Å². The van der Waals surface area contributed by atoms with Gasteiger partial charge in [-0.25, -0.2) is 5.84 Å². The Morgan fingerprint density at radius 1 is 1.05 bits per heavy atom. The van der Waals surface area contributed by atoms with E-state index in [9.17, 15) is 4.79 Å². The van der Waals surface area contributed by atoms with Crippen LogP contribution in [0.25, 0.3) is 0 Å². The SMILES string of the molecule is NNC(=O)c1ccccc1CSCc1ccccc1Cl. The summed E-state index contributed by atoms with van der Waals surface area (Å²) < 4.78 is 0. The molecule has 5 heteroatoms. The van der Waals surface area contributed by atoms with Crippen molar-refractivity contribution in [2.45, 2.75) is 11.5 Å². The zero-order valence-corrected chi connectivity index (χ0v) is 12.4. The summed E-state index contributed by atoms with van der Waals surface area (Å²) in [5, 5.41) is 0.771. The molecule has 0 bridgehead atoms. The van der Waals surface area contributed by atoms with Crippen LogP contribution >= 0.6 is 23.4 Å². The molecule has 0 unspecified atom stereocenters. The maximum absolute atomic E-state index is 11.7. The third kappa shape index (κ3) is 3.76. The second-order valence-electron chi connectivity index (χ2n) is 4.21. The Kier molecular flexibility index (Phi) is 5.47. The lowest BCUT2D eigenvalue weighted by molar-refractivity contribution is 0.0953. The normalized spacial score (nSPS) is 10.3. The van der Waals surface area contributed by atoms with Gasteiger partial charge in [-0.2, -0.15) is 11.8 Å². The van der Waals surface area contributed by atoms with Gasteiger partial charge in [-0.1, -0.05) is 48.0 Å². The first-order valence-corrected chi connectivity index (χ1v) is 7.65. The van der Waals surface area contributed by atoms with Crippen LogP contribution in [0, 0.1) is 0 Å². The molecule has 1 amide bonds. The number of halogens is 1. The molecule has 2 rings (SSSR count). The highest BCUT2D eigenvalue weighted by Gasteiger charge is 2.09. The van der Waals surface area contributed by atoms with Gasteiger partial charge in [0.2, 0.25) is 0 Å². The Bertz CT molecular complexity index is 604. The molecular weight excluding hydrogens is 292 g/mol. The highest BCUT2D eigenvalue weighted by molar-refractivity contribution is 7.97. The van der Waals surface area contributed by atoms with E-state index in [1.807, 2.05) is 42.5 Å². The molecule has 0 atom stereocenters. The molecule has 0 spiro atoms. The van der Waals surface area contributed by atoms with E-state index in [1.54, 1.807) is 17.8 Å². The Hall–Kier alpha value is -1.49. The van der Waals surface area contributed by atoms with E-state index in [1.165, 1.54) is 0 Å². The number of carbonyl (C=O) groups is 1. The minimum absolute atomic E-state index is 0.265. The fraction of sp³-hybridized carbons (Fsp3) is 0.133. The van der Waals surface area contributed by atoms with Crippen molar-refractivity contribution in [1.82, 2.24) is 5.43 Å². The minimum atomic E-state index is -0.265. The number of thioether (sulfide) groups is 1. The molecule has 0 aliphatic heterocycles. The monoisotopic (exact) mass is 306 g/mol. The smallest absolute Gasteiger partial charge is 0.265 e. The van der Waals surface area contributed by atoms with Gasteiger partial charge in [0.1, 0.15) is 0 Å². The fourth-order valence-corrected chi connectivity index (χ4v) is 3.16. The van der Waals surface area contributed by atoms with E-state index in [0.29, 0.717) is 5.56 Å². The van der Waals surface area contributed by atoms with Gasteiger partial charge in [0.25, 0.3) is 5.91 Å². The van der Waals surface area contributed by atoms with Crippen molar-refractivity contribution in [3.05, 3.63) is 70.2 Å². The predicted octanol–water partition coefficient (Wildman–Crippen LogP) is 3.38. The van der Waals surface area contributed by atoms with Crippen molar-refractivity contribution >= 4 is 29.3 Å². The molecule has 3 N–H and O–H groups in total.